The van der Waals surface area contributed by atoms with Gasteiger partial charge in [0.25, 0.3) is 0 Å². The third-order valence-corrected chi connectivity index (χ3v) is 5.43. The molecule has 0 aromatic rings. The fraction of sp³-hybridized carbons (Fsp3) is 0.857. The molecule has 4 fully saturated rings. The molecule has 4 aliphatic rings. The number of methoxy groups -OCH3 is 1. The van der Waals surface area contributed by atoms with E-state index in [-0.39, 0.29) is 16.8 Å². The quantitative estimate of drug-likeness (QED) is 0.691. The highest BCUT2D eigenvalue weighted by Crippen LogP contribution is 2.65. The summed E-state index contributed by atoms with van der Waals surface area (Å²) in [6, 6.07) is 0. The summed E-state index contributed by atoms with van der Waals surface area (Å²) in [7, 11) is 1.47. The normalized spacial score (nSPS) is 46.9. The van der Waals surface area contributed by atoms with Crippen LogP contribution in [0.15, 0.2) is 0 Å². The van der Waals surface area contributed by atoms with Crippen LogP contribution in [-0.4, -0.2) is 18.9 Å². The molecule has 0 amide bonds. The van der Waals surface area contributed by atoms with Crippen LogP contribution in [0.25, 0.3) is 0 Å². The van der Waals surface area contributed by atoms with Gasteiger partial charge in [-0.3, -0.25) is 9.59 Å². The Kier molecular flexibility index (Phi) is 2.20. The molecule has 0 aliphatic heterocycles. The average Bonchev–Trinajstić information content (AvgIpc) is 2.26. The number of ether oxygens (including phenoxy) is 1. The maximum atomic E-state index is 12.1. The lowest BCUT2D eigenvalue weighted by molar-refractivity contribution is -0.180. The van der Waals surface area contributed by atoms with Gasteiger partial charge in [-0.1, -0.05) is 0 Å². The lowest BCUT2D eigenvalue weighted by Gasteiger charge is -2.59. The van der Waals surface area contributed by atoms with Gasteiger partial charge in [-0.2, -0.15) is 0 Å². The van der Waals surface area contributed by atoms with Crippen LogP contribution in [0.2, 0.25) is 0 Å². The average molecular weight is 236 g/mol. The van der Waals surface area contributed by atoms with E-state index in [1.54, 1.807) is 6.92 Å². The van der Waals surface area contributed by atoms with Gasteiger partial charge in [-0.05, 0) is 57.3 Å². The second kappa shape index (κ2) is 3.33. The first-order valence-corrected chi connectivity index (χ1v) is 6.59. The number of carbonyl (C=O) groups excluding carboxylic acids is 2. The summed E-state index contributed by atoms with van der Waals surface area (Å²) in [6.45, 7) is 1.71. The molecule has 4 saturated carbocycles. The summed E-state index contributed by atoms with van der Waals surface area (Å²) in [4.78, 5) is 24.1. The number of esters is 1. The monoisotopic (exact) mass is 236 g/mol. The first-order chi connectivity index (χ1) is 8.00. The van der Waals surface area contributed by atoms with Crippen molar-refractivity contribution >= 4 is 11.8 Å². The van der Waals surface area contributed by atoms with E-state index in [1.807, 2.05) is 0 Å². The summed E-state index contributed by atoms with van der Waals surface area (Å²) in [5, 5.41) is 0. The molecule has 0 saturated heterocycles. The second-order valence-corrected chi connectivity index (χ2v) is 6.57. The van der Waals surface area contributed by atoms with Crippen LogP contribution in [0.1, 0.15) is 45.4 Å². The molecule has 0 aromatic heterocycles. The molecule has 4 bridgehead atoms. The fourth-order valence-corrected chi connectivity index (χ4v) is 5.13. The van der Waals surface area contributed by atoms with Crippen molar-refractivity contribution < 1.29 is 14.3 Å². The van der Waals surface area contributed by atoms with Gasteiger partial charge in [-0.25, -0.2) is 0 Å². The van der Waals surface area contributed by atoms with Gasteiger partial charge < -0.3 is 4.74 Å². The SMILES string of the molecule is COC(=O)C12CC3CC(CC(C(C)=O)(C3)C1)C2. The van der Waals surface area contributed by atoms with Gasteiger partial charge in [0.05, 0.1) is 12.5 Å². The number of rotatable bonds is 2. The van der Waals surface area contributed by atoms with Crippen LogP contribution in [0, 0.1) is 22.7 Å². The highest BCUT2D eigenvalue weighted by atomic mass is 16.5. The Morgan fingerprint density at radius 3 is 2.06 bits per heavy atom. The Balaban J connectivity index is 2.00. The molecule has 0 aromatic carbocycles. The van der Waals surface area contributed by atoms with Crippen LogP contribution in [0.3, 0.4) is 0 Å². The van der Waals surface area contributed by atoms with Crippen molar-refractivity contribution in [3.63, 3.8) is 0 Å². The van der Waals surface area contributed by atoms with Crippen molar-refractivity contribution in [3.8, 4) is 0 Å². The predicted octanol–water partition coefficient (Wildman–Crippen LogP) is 2.33. The standard InChI is InChI=1S/C14H20O3/c1-9(15)13-4-10-3-11(5-13)7-14(6-10,8-13)12(16)17-2/h10-11H,3-8H2,1-2H3. The van der Waals surface area contributed by atoms with E-state index in [4.69, 9.17) is 4.74 Å². The molecule has 3 nitrogen and oxygen atoms in total. The highest BCUT2D eigenvalue weighted by molar-refractivity contribution is 5.86. The molecule has 4 aliphatic carbocycles. The Labute approximate surface area is 102 Å². The van der Waals surface area contributed by atoms with Gasteiger partial charge >= 0.3 is 5.97 Å². The minimum absolute atomic E-state index is 0.0720. The van der Waals surface area contributed by atoms with E-state index in [2.05, 4.69) is 0 Å². The fourth-order valence-electron chi connectivity index (χ4n) is 5.13. The number of hydrogen-bond donors (Lipinski definition) is 0. The van der Waals surface area contributed by atoms with Crippen molar-refractivity contribution in [2.75, 3.05) is 7.11 Å². The molecule has 0 N–H and O–H groups in total. The molecule has 3 heteroatoms. The van der Waals surface area contributed by atoms with Crippen molar-refractivity contribution in [1.29, 1.82) is 0 Å². The topological polar surface area (TPSA) is 43.4 Å². The van der Waals surface area contributed by atoms with Gasteiger partial charge in [-0.15, -0.1) is 0 Å². The molecule has 17 heavy (non-hydrogen) atoms. The molecule has 94 valence electrons. The zero-order chi connectivity index (χ0) is 12.3. The Bertz CT molecular complexity index is 371. The minimum atomic E-state index is -0.329. The molecule has 2 atom stereocenters. The smallest absolute Gasteiger partial charge is 0.311 e. The van der Waals surface area contributed by atoms with Crippen LogP contribution in [-0.2, 0) is 14.3 Å². The minimum Gasteiger partial charge on any atom is -0.469 e. The van der Waals surface area contributed by atoms with E-state index in [0.29, 0.717) is 17.6 Å². The van der Waals surface area contributed by atoms with Gasteiger partial charge in [0.2, 0.25) is 0 Å². The second-order valence-electron chi connectivity index (χ2n) is 6.57. The van der Waals surface area contributed by atoms with Crippen molar-refractivity contribution in [2.45, 2.75) is 45.4 Å². The highest BCUT2D eigenvalue weighted by Gasteiger charge is 2.62. The zero-order valence-corrected chi connectivity index (χ0v) is 10.6. The molecule has 0 spiro atoms. The van der Waals surface area contributed by atoms with E-state index < -0.39 is 0 Å². The Morgan fingerprint density at radius 2 is 1.59 bits per heavy atom. The Hall–Kier alpha value is -0.860. The zero-order valence-electron chi connectivity index (χ0n) is 10.6. The lowest BCUT2D eigenvalue weighted by atomic mass is 9.43. The maximum absolute atomic E-state index is 12.1. The predicted molar refractivity (Wildman–Crippen MR) is 62.2 cm³/mol. The molecular formula is C14H20O3. The Morgan fingerprint density at radius 1 is 1.06 bits per heavy atom. The summed E-state index contributed by atoms with van der Waals surface area (Å²) in [6.07, 6.45) is 5.88. The molecular weight excluding hydrogens is 216 g/mol. The van der Waals surface area contributed by atoms with Crippen LogP contribution >= 0.6 is 0 Å². The first-order valence-electron chi connectivity index (χ1n) is 6.59. The number of Topliss-reactive ketones (excluding diaryl/α,β-unsaturated/α-hetero) is 1. The summed E-state index contributed by atoms with van der Waals surface area (Å²) < 4.78 is 5.01. The molecule has 4 rings (SSSR count). The van der Waals surface area contributed by atoms with Crippen LogP contribution in [0.5, 0.6) is 0 Å². The third-order valence-electron chi connectivity index (χ3n) is 5.43. The van der Waals surface area contributed by atoms with Crippen LogP contribution < -0.4 is 0 Å². The van der Waals surface area contributed by atoms with Gasteiger partial charge in [0, 0.05) is 5.41 Å². The molecule has 0 heterocycles. The maximum Gasteiger partial charge on any atom is 0.311 e. The van der Waals surface area contributed by atoms with Gasteiger partial charge in [0.1, 0.15) is 5.78 Å². The van der Waals surface area contributed by atoms with E-state index >= 15 is 0 Å². The third kappa shape index (κ3) is 1.40. The molecule has 2 unspecified atom stereocenters. The summed E-state index contributed by atoms with van der Waals surface area (Å²) in [5.74, 6) is 1.36. The number of carbonyl (C=O) groups is 2. The summed E-state index contributed by atoms with van der Waals surface area (Å²) in [5.41, 5.74) is -0.525. The van der Waals surface area contributed by atoms with Crippen molar-refractivity contribution in [1.82, 2.24) is 0 Å². The van der Waals surface area contributed by atoms with E-state index in [9.17, 15) is 9.59 Å². The largest absolute Gasteiger partial charge is 0.469 e. The lowest BCUT2D eigenvalue weighted by Crippen LogP contribution is -2.57. The van der Waals surface area contributed by atoms with Crippen LogP contribution in [0.4, 0.5) is 0 Å². The number of ketones is 1. The number of hydrogen-bond acceptors (Lipinski definition) is 3. The first kappa shape index (κ1) is 11.2. The van der Waals surface area contributed by atoms with Crippen molar-refractivity contribution in [3.05, 3.63) is 0 Å². The van der Waals surface area contributed by atoms with E-state index in [1.165, 1.54) is 13.5 Å². The van der Waals surface area contributed by atoms with Gasteiger partial charge in [0.15, 0.2) is 0 Å². The summed E-state index contributed by atoms with van der Waals surface area (Å²) >= 11 is 0. The molecule has 0 radical (unpaired) electrons. The van der Waals surface area contributed by atoms with Crippen molar-refractivity contribution in [2.24, 2.45) is 22.7 Å². The van der Waals surface area contributed by atoms with E-state index in [0.717, 1.165) is 32.1 Å².